The number of benzene rings is 1. The van der Waals surface area contributed by atoms with Gasteiger partial charge in [-0.3, -0.25) is 9.69 Å². The van der Waals surface area contributed by atoms with Crippen molar-refractivity contribution in [1.29, 1.82) is 0 Å². The molecule has 0 aliphatic carbocycles. The molecule has 0 spiro atoms. The third-order valence-electron chi connectivity index (χ3n) is 2.58. The number of H-pyrrole nitrogens is 1. The van der Waals surface area contributed by atoms with Crippen molar-refractivity contribution in [2.45, 2.75) is 5.37 Å². The molecule has 0 bridgehead atoms. The van der Waals surface area contributed by atoms with Crippen LogP contribution in [-0.2, 0) is 4.79 Å². The van der Waals surface area contributed by atoms with Gasteiger partial charge in [0.1, 0.15) is 11.7 Å². The van der Waals surface area contributed by atoms with Crippen LogP contribution in [0, 0.1) is 0 Å². The van der Waals surface area contributed by atoms with Gasteiger partial charge >= 0.3 is 0 Å². The predicted octanol–water partition coefficient (Wildman–Crippen LogP) is 1.58. The number of thioether (sulfide) groups is 1. The molecule has 1 saturated heterocycles. The van der Waals surface area contributed by atoms with E-state index < -0.39 is 0 Å². The van der Waals surface area contributed by atoms with Crippen LogP contribution in [0.5, 0.6) is 0 Å². The van der Waals surface area contributed by atoms with Crippen molar-refractivity contribution < 1.29 is 4.79 Å². The normalized spacial score (nSPS) is 19.9. The highest BCUT2D eigenvalue weighted by atomic mass is 32.2. The molecule has 0 saturated carbocycles. The maximum Gasteiger partial charge on any atom is 0.240 e. The van der Waals surface area contributed by atoms with E-state index >= 15 is 0 Å². The first-order valence-electron chi connectivity index (χ1n) is 5.20. The number of nitrogens with zero attached hydrogens (tertiary/aromatic N) is 3. The van der Waals surface area contributed by atoms with Crippen molar-refractivity contribution in [3.63, 3.8) is 0 Å². The van der Waals surface area contributed by atoms with Crippen molar-refractivity contribution in [3.8, 4) is 0 Å². The average molecular weight is 246 g/mol. The Bertz CT molecular complexity index is 514. The number of nitrogens with one attached hydrogen (secondary N) is 1. The number of carbonyl (C=O) groups is 1. The largest absolute Gasteiger partial charge is 0.273 e. The van der Waals surface area contributed by atoms with Crippen LogP contribution in [0.1, 0.15) is 10.9 Å². The third-order valence-corrected chi connectivity index (χ3v) is 3.80. The van der Waals surface area contributed by atoms with Crippen LogP contribution in [0.3, 0.4) is 0 Å². The van der Waals surface area contributed by atoms with E-state index in [1.165, 1.54) is 6.33 Å². The van der Waals surface area contributed by atoms with Crippen LogP contribution < -0.4 is 4.90 Å². The van der Waals surface area contributed by atoms with Crippen LogP contribution in [0.25, 0.3) is 0 Å². The molecule has 0 unspecified atom stereocenters. The first-order valence-corrected chi connectivity index (χ1v) is 6.25. The standard InChI is InChI=1S/C11H10N4OS/c16-9-6-17-10(8-4-2-1-3-5-8)15(9)11-12-7-13-14-11/h1-5,7,10H,6H2,(H,12,13,14)/t10-/m1/s1. The number of anilines is 1. The summed E-state index contributed by atoms with van der Waals surface area (Å²) < 4.78 is 0. The Morgan fingerprint density at radius 1 is 1.35 bits per heavy atom. The smallest absolute Gasteiger partial charge is 0.240 e. The zero-order valence-corrected chi connectivity index (χ0v) is 9.72. The summed E-state index contributed by atoms with van der Waals surface area (Å²) in [4.78, 5) is 17.6. The van der Waals surface area contributed by atoms with Crippen LogP contribution >= 0.6 is 11.8 Å². The fourth-order valence-corrected chi connectivity index (χ4v) is 2.99. The molecule has 6 heteroatoms. The first kappa shape index (κ1) is 10.3. The van der Waals surface area contributed by atoms with E-state index in [-0.39, 0.29) is 11.3 Å². The van der Waals surface area contributed by atoms with Gasteiger partial charge in [0.15, 0.2) is 0 Å². The van der Waals surface area contributed by atoms with E-state index in [0.717, 1.165) is 5.56 Å². The third kappa shape index (κ3) is 1.80. The summed E-state index contributed by atoms with van der Waals surface area (Å²) in [6.45, 7) is 0. The van der Waals surface area contributed by atoms with E-state index in [9.17, 15) is 4.79 Å². The van der Waals surface area contributed by atoms with Crippen LogP contribution in [0.15, 0.2) is 36.7 Å². The Kier molecular flexibility index (Phi) is 2.56. The van der Waals surface area contributed by atoms with Gasteiger partial charge < -0.3 is 0 Å². The number of rotatable bonds is 2. The highest BCUT2D eigenvalue weighted by Gasteiger charge is 2.35. The van der Waals surface area contributed by atoms with Crippen molar-refractivity contribution >= 4 is 23.6 Å². The lowest BCUT2D eigenvalue weighted by atomic mass is 10.2. The molecule has 86 valence electrons. The quantitative estimate of drug-likeness (QED) is 0.874. The number of hydrogen-bond donors (Lipinski definition) is 1. The van der Waals surface area contributed by atoms with Crippen molar-refractivity contribution in [2.75, 3.05) is 10.7 Å². The van der Waals surface area contributed by atoms with Gasteiger partial charge in [-0.05, 0) is 5.56 Å². The number of aromatic nitrogens is 3. The molecule has 17 heavy (non-hydrogen) atoms. The number of carbonyl (C=O) groups excluding carboxylic acids is 1. The minimum atomic E-state index is -0.0170. The Morgan fingerprint density at radius 3 is 2.88 bits per heavy atom. The van der Waals surface area contributed by atoms with E-state index in [1.807, 2.05) is 30.3 Å². The SMILES string of the molecule is O=C1CS[C@H](c2ccccc2)N1c1ncn[nH]1. The van der Waals surface area contributed by atoms with Crippen LogP contribution in [-0.4, -0.2) is 26.8 Å². The molecule has 1 aliphatic rings. The molecular weight excluding hydrogens is 236 g/mol. The Hall–Kier alpha value is -1.82. The molecule has 1 fully saturated rings. The molecule has 1 amide bonds. The molecule has 3 rings (SSSR count). The molecule has 1 N–H and O–H groups in total. The van der Waals surface area contributed by atoms with E-state index in [0.29, 0.717) is 11.7 Å². The molecule has 1 aliphatic heterocycles. The fraction of sp³-hybridized carbons (Fsp3) is 0.182. The molecule has 1 atom stereocenters. The van der Waals surface area contributed by atoms with Crippen molar-refractivity contribution in [2.24, 2.45) is 0 Å². The molecule has 0 radical (unpaired) electrons. The van der Waals surface area contributed by atoms with Gasteiger partial charge in [0.2, 0.25) is 11.9 Å². The zero-order chi connectivity index (χ0) is 11.7. The van der Waals surface area contributed by atoms with E-state index in [1.54, 1.807) is 16.7 Å². The summed E-state index contributed by atoms with van der Waals surface area (Å²) >= 11 is 1.60. The van der Waals surface area contributed by atoms with Gasteiger partial charge in [0.25, 0.3) is 0 Å². The van der Waals surface area contributed by atoms with Crippen LogP contribution in [0.4, 0.5) is 5.95 Å². The summed E-state index contributed by atoms with van der Waals surface area (Å²) in [5.41, 5.74) is 1.10. The van der Waals surface area contributed by atoms with Gasteiger partial charge in [-0.15, -0.1) is 11.8 Å². The molecule has 2 aromatic rings. The minimum absolute atomic E-state index is 0.0170. The van der Waals surface area contributed by atoms with E-state index in [4.69, 9.17) is 0 Å². The predicted molar refractivity (Wildman–Crippen MR) is 65.5 cm³/mol. The second-order valence-corrected chi connectivity index (χ2v) is 4.72. The second kappa shape index (κ2) is 4.21. The summed E-state index contributed by atoms with van der Waals surface area (Å²) in [7, 11) is 0. The maximum atomic E-state index is 11.9. The van der Waals surface area contributed by atoms with Crippen LogP contribution in [0.2, 0.25) is 0 Å². The van der Waals surface area contributed by atoms with E-state index in [2.05, 4.69) is 15.2 Å². The monoisotopic (exact) mass is 246 g/mol. The fourth-order valence-electron chi connectivity index (χ4n) is 1.83. The average Bonchev–Trinajstić information content (AvgIpc) is 2.99. The molecule has 2 heterocycles. The zero-order valence-electron chi connectivity index (χ0n) is 8.91. The van der Waals surface area contributed by atoms with Gasteiger partial charge in [0.05, 0.1) is 5.75 Å². The highest BCUT2D eigenvalue weighted by Crippen LogP contribution is 2.39. The minimum Gasteiger partial charge on any atom is -0.273 e. The molecule has 1 aromatic carbocycles. The Labute approximate surface area is 102 Å². The molecular formula is C11H10N4OS. The Morgan fingerprint density at radius 2 is 2.18 bits per heavy atom. The van der Waals surface area contributed by atoms with Gasteiger partial charge in [-0.1, -0.05) is 30.3 Å². The molecule has 5 nitrogen and oxygen atoms in total. The van der Waals surface area contributed by atoms with Gasteiger partial charge in [-0.2, -0.15) is 10.1 Å². The van der Waals surface area contributed by atoms with Crippen molar-refractivity contribution in [1.82, 2.24) is 15.2 Å². The lowest BCUT2D eigenvalue weighted by molar-refractivity contribution is -0.115. The summed E-state index contributed by atoms with van der Waals surface area (Å²) in [6.07, 6.45) is 1.41. The topological polar surface area (TPSA) is 61.9 Å². The summed E-state index contributed by atoms with van der Waals surface area (Å²) in [5, 5.41) is 6.51. The molecule has 1 aromatic heterocycles. The summed E-state index contributed by atoms with van der Waals surface area (Å²) in [6, 6.07) is 9.93. The first-order chi connectivity index (χ1) is 8.36. The summed E-state index contributed by atoms with van der Waals surface area (Å²) in [5.74, 6) is 1.04. The number of hydrogen-bond acceptors (Lipinski definition) is 4. The number of aromatic amines is 1. The highest BCUT2D eigenvalue weighted by molar-refractivity contribution is 8.00. The van der Waals surface area contributed by atoms with Crippen molar-refractivity contribution in [3.05, 3.63) is 42.2 Å². The Balaban J connectivity index is 1.98. The maximum absolute atomic E-state index is 11.9. The van der Waals surface area contributed by atoms with Gasteiger partial charge in [-0.25, -0.2) is 5.10 Å². The second-order valence-electron chi connectivity index (χ2n) is 3.65. The number of amides is 1. The lowest BCUT2D eigenvalue weighted by Gasteiger charge is -2.20. The van der Waals surface area contributed by atoms with Gasteiger partial charge in [0, 0.05) is 0 Å². The lowest BCUT2D eigenvalue weighted by Crippen LogP contribution is -2.28.